The van der Waals surface area contributed by atoms with E-state index >= 15 is 0 Å². The molecule has 0 fully saturated rings. The average molecular weight is 456 g/mol. The highest BCUT2D eigenvalue weighted by Gasteiger charge is 2.47. The first-order valence-electron chi connectivity index (χ1n) is 11.6. The van der Waals surface area contributed by atoms with E-state index in [1.807, 2.05) is 35.2 Å². The van der Waals surface area contributed by atoms with Gasteiger partial charge in [0, 0.05) is 22.7 Å². The summed E-state index contributed by atoms with van der Waals surface area (Å²) in [6.07, 6.45) is 4.30. The Hall–Kier alpha value is -3.53. The van der Waals surface area contributed by atoms with Gasteiger partial charge in [-0.3, -0.25) is 4.79 Å². The molecule has 0 unspecified atom stereocenters. The van der Waals surface area contributed by atoms with Gasteiger partial charge >= 0.3 is 0 Å². The Morgan fingerprint density at radius 1 is 0.912 bits per heavy atom. The van der Waals surface area contributed by atoms with E-state index in [9.17, 15) is 4.79 Å². The molecule has 4 heteroatoms. The van der Waals surface area contributed by atoms with Crippen LogP contribution in [0, 0.1) is 6.92 Å². The molecule has 1 aliphatic heterocycles. The Balaban J connectivity index is 1.76. The van der Waals surface area contributed by atoms with Crippen molar-refractivity contribution in [1.82, 2.24) is 0 Å². The molecule has 0 saturated heterocycles. The van der Waals surface area contributed by atoms with Crippen LogP contribution in [0.1, 0.15) is 49.4 Å². The smallest absolute Gasteiger partial charge is 0.251 e. The fourth-order valence-corrected chi connectivity index (χ4v) is 5.34. The van der Waals surface area contributed by atoms with E-state index in [0.29, 0.717) is 11.5 Å². The zero-order valence-corrected chi connectivity index (χ0v) is 20.9. The van der Waals surface area contributed by atoms with Crippen molar-refractivity contribution in [3.63, 3.8) is 0 Å². The molecule has 4 rings (SSSR count). The van der Waals surface area contributed by atoms with Gasteiger partial charge in [0.05, 0.1) is 14.2 Å². The van der Waals surface area contributed by atoms with Gasteiger partial charge < -0.3 is 14.4 Å². The van der Waals surface area contributed by atoms with Gasteiger partial charge in [0.1, 0.15) is 0 Å². The standard InChI is InChI=1S/C30H33NO3/c1-21-12-15-24-25(18-21)31(29(2,3)20-30(24,4)23-10-8-7-9-11-23)28(32)17-14-22-13-16-26(33-5)27(19-22)34-6/h7-19H,20H2,1-6H3/b17-14+/t30-/m0/s1. The molecule has 34 heavy (non-hydrogen) atoms. The quantitative estimate of drug-likeness (QED) is 0.410. The van der Waals surface area contributed by atoms with Crippen LogP contribution in [-0.4, -0.2) is 25.7 Å². The predicted molar refractivity (Wildman–Crippen MR) is 139 cm³/mol. The van der Waals surface area contributed by atoms with Crippen molar-refractivity contribution >= 4 is 17.7 Å². The number of nitrogens with zero attached hydrogens (tertiary/aromatic N) is 1. The van der Waals surface area contributed by atoms with E-state index in [4.69, 9.17) is 9.47 Å². The zero-order chi connectivity index (χ0) is 24.5. The first kappa shape index (κ1) is 23.6. The van der Waals surface area contributed by atoms with Gasteiger partial charge in [-0.15, -0.1) is 0 Å². The molecule has 0 aliphatic carbocycles. The summed E-state index contributed by atoms with van der Waals surface area (Å²) in [7, 11) is 3.22. The molecule has 0 N–H and O–H groups in total. The van der Waals surface area contributed by atoms with Gasteiger partial charge in [-0.05, 0) is 73.7 Å². The number of carbonyl (C=O) groups excluding carboxylic acids is 1. The number of hydrogen-bond acceptors (Lipinski definition) is 3. The van der Waals surface area contributed by atoms with Crippen LogP contribution >= 0.6 is 0 Å². The van der Waals surface area contributed by atoms with E-state index in [-0.39, 0.29) is 16.9 Å². The lowest BCUT2D eigenvalue weighted by atomic mass is 9.65. The molecular weight excluding hydrogens is 422 g/mol. The summed E-state index contributed by atoms with van der Waals surface area (Å²) in [6, 6.07) is 22.7. The van der Waals surface area contributed by atoms with Gasteiger partial charge in [0.25, 0.3) is 5.91 Å². The first-order valence-corrected chi connectivity index (χ1v) is 11.6. The van der Waals surface area contributed by atoms with Crippen LogP contribution in [-0.2, 0) is 10.2 Å². The molecule has 0 spiro atoms. The maximum Gasteiger partial charge on any atom is 0.251 e. The summed E-state index contributed by atoms with van der Waals surface area (Å²) in [5.74, 6) is 1.25. The zero-order valence-electron chi connectivity index (χ0n) is 20.9. The molecule has 1 aliphatic rings. The normalized spacial score (nSPS) is 19.1. The Bertz CT molecular complexity index is 1230. The molecule has 176 valence electrons. The highest BCUT2D eigenvalue weighted by molar-refractivity contribution is 6.06. The lowest BCUT2D eigenvalue weighted by Crippen LogP contribution is -2.55. The van der Waals surface area contributed by atoms with Crippen LogP contribution in [0.3, 0.4) is 0 Å². The number of rotatable bonds is 5. The average Bonchev–Trinajstić information content (AvgIpc) is 2.82. The minimum atomic E-state index is -0.385. The van der Waals surface area contributed by atoms with Crippen LogP contribution in [0.15, 0.2) is 72.8 Å². The second kappa shape index (κ2) is 9.02. The van der Waals surface area contributed by atoms with Crippen molar-refractivity contribution in [2.24, 2.45) is 0 Å². The van der Waals surface area contributed by atoms with E-state index in [0.717, 1.165) is 23.2 Å². The summed E-state index contributed by atoms with van der Waals surface area (Å²) < 4.78 is 10.7. The molecule has 0 bridgehead atoms. The Morgan fingerprint density at radius 3 is 2.29 bits per heavy atom. The lowest BCUT2D eigenvalue weighted by Gasteiger charge is -2.51. The Kier molecular flexibility index (Phi) is 6.26. The number of aryl methyl sites for hydroxylation is 1. The topological polar surface area (TPSA) is 38.8 Å². The summed E-state index contributed by atoms with van der Waals surface area (Å²) in [4.78, 5) is 15.6. The van der Waals surface area contributed by atoms with E-state index < -0.39 is 0 Å². The molecule has 4 nitrogen and oxygen atoms in total. The number of amides is 1. The number of carbonyl (C=O) groups is 1. The molecule has 3 aromatic rings. The third-order valence-corrected chi connectivity index (χ3v) is 6.84. The fraction of sp³-hybridized carbons (Fsp3) is 0.300. The number of methoxy groups -OCH3 is 2. The molecule has 0 saturated carbocycles. The van der Waals surface area contributed by atoms with Crippen LogP contribution in [0.5, 0.6) is 11.5 Å². The molecule has 0 aromatic heterocycles. The number of ether oxygens (including phenoxy) is 2. The lowest BCUT2D eigenvalue weighted by molar-refractivity contribution is -0.115. The second-order valence-electron chi connectivity index (χ2n) is 9.83. The van der Waals surface area contributed by atoms with Crippen molar-refractivity contribution in [2.75, 3.05) is 19.1 Å². The monoisotopic (exact) mass is 455 g/mol. The highest BCUT2D eigenvalue weighted by Crippen LogP contribution is 2.50. The third kappa shape index (κ3) is 4.21. The Labute approximate surface area is 202 Å². The number of fused-ring (bicyclic) bond motifs is 1. The molecular formula is C30H33NO3. The van der Waals surface area contributed by atoms with Crippen molar-refractivity contribution in [1.29, 1.82) is 0 Å². The number of benzene rings is 3. The largest absolute Gasteiger partial charge is 0.493 e. The van der Waals surface area contributed by atoms with Crippen LogP contribution in [0.25, 0.3) is 6.08 Å². The second-order valence-corrected chi connectivity index (χ2v) is 9.83. The van der Waals surface area contributed by atoms with Crippen molar-refractivity contribution < 1.29 is 14.3 Å². The van der Waals surface area contributed by atoms with Gasteiger partial charge in [-0.1, -0.05) is 55.5 Å². The molecule has 1 heterocycles. The molecule has 3 aromatic carbocycles. The Morgan fingerprint density at radius 2 is 1.62 bits per heavy atom. The molecule has 1 atom stereocenters. The van der Waals surface area contributed by atoms with E-state index in [1.165, 1.54) is 11.1 Å². The summed E-state index contributed by atoms with van der Waals surface area (Å²) in [6.45, 7) is 8.67. The van der Waals surface area contributed by atoms with Gasteiger partial charge in [-0.2, -0.15) is 0 Å². The number of anilines is 1. The summed E-state index contributed by atoms with van der Waals surface area (Å²) in [5, 5.41) is 0. The van der Waals surface area contributed by atoms with E-state index in [1.54, 1.807) is 20.3 Å². The number of hydrogen-bond donors (Lipinski definition) is 0. The van der Waals surface area contributed by atoms with E-state index in [2.05, 4.69) is 70.2 Å². The first-order chi connectivity index (χ1) is 16.2. The maximum absolute atomic E-state index is 13.7. The highest BCUT2D eigenvalue weighted by atomic mass is 16.5. The summed E-state index contributed by atoms with van der Waals surface area (Å²) in [5.41, 5.74) is 4.84. The molecule has 0 radical (unpaired) electrons. The SMILES string of the molecule is COc1ccc(/C=C/C(=O)N2c3cc(C)ccc3[C@](C)(c3ccccc3)CC2(C)C)cc1OC. The maximum atomic E-state index is 13.7. The minimum Gasteiger partial charge on any atom is -0.493 e. The summed E-state index contributed by atoms with van der Waals surface area (Å²) >= 11 is 0. The van der Waals surface area contributed by atoms with Crippen LogP contribution < -0.4 is 14.4 Å². The van der Waals surface area contributed by atoms with Crippen molar-refractivity contribution in [3.8, 4) is 11.5 Å². The van der Waals surface area contributed by atoms with Crippen LogP contribution in [0.4, 0.5) is 5.69 Å². The predicted octanol–water partition coefficient (Wildman–Crippen LogP) is 6.55. The minimum absolute atomic E-state index is 0.0400. The van der Waals surface area contributed by atoms with Gasteiger partial charge in [0.15, 0.2) is 11.5 Å². The van der Waals surface area contributed by atoms with Gasteiger partial charge in [0.2, 0.25) is 0 Å². The van der Waals surface area contributed by atoms with Crippen molar-refractivity contribution in [2.45, 2.75) is 45.1 Å². The van der Waals surface area contributed by atoms with Gasteiger partial charge in [-0.25, -0.2) is 0 Å². The van der Waals surface area contributed by atoms with Crippen molar-refractivity contribution in [3.05, 3.63) is 95.1 Å². The fourth-order valence-electron chi connectivity index (χ4n) is 5.34. The third-order valence-electron chi connectivity index (χ3n) is 6.84. The molecule has 1 amide bonds. The van der Waals surface area contributed by atoms with Crippen LogP contribution in [0.2, 0.25) is 0 Å².